The Hall–Kier alpha value is -2.75. The molecular weight excluding hydrogens is 440 g/mol. The molecule has 4 saturated carbocycles. The predicted octanol–water partition coefficient (Wildman–Crippen LogP) is 1.76. The molecule has 4 aliphatic rings. The summed E-state index contributed by atoms with van der Waals surface area (Å²) in [6.45, 7) is 2.93. The minimum absolute atomic E-state index is 0.410. The van der Waals surface area contributed by atoms with Crippen LogP contribution >= 0.6 is 0 Å². The molecule has 5 N–H and O–H groups in total. The van der Waals surface area contributed by atoms with Crippen LogP contribution in [0.3, 0.4) is 0 Å². The molecule has 4 bridgehead atoms. The molecule has 2 aromatic rings. The van der Waals surface area contributed by atoms with Crippen molar-refractivity contribution in [3.8, 4) is 0 Å². The second kappa shape index (κ2) is 9.48. The third kappa shape index (κ3) is 4.60. The van der Waals surface area contributed by atoms with E-state index < -0.39 is 29.7 Å². The third-order valence-corrected chi connectivity index (χ3v) is 7.70. The molecule has 0 spiro atoms. The molecule has 0 amide bonds. The first-order valence-electron chi connectivity index (χ1n) is 11.7. The quantitative estimate of drug-likeness (QED) is 0.426. The van der Waals surface area contributed by atoms with Crippen LogP contribution in [0.2, 0.25) is 0 Å². The summed E-state index contributed by atoms with van der Waals surface area (Å²) in [6, 6.07) is 8.63. The Morgan fingerprint density at radius 1 is 1.03 bits per heavy atom. The van der Waals surface area contributed by atoms with E-state index in [1.165, 1.54) is 43.2 Å². The van der Waals surface area contributed by atoms with E-state index in [-0.39, 0.29) is 0 Å². The summed E-state index contributed by atoms with van der Waals surface area (Å²) in [5, 5.41) is 44.3. The molecule has 4 fully saturated rings. The normalized spacial score (nSPS) is 30.8. The van der Waals surface area contributed by atoms with Crippen molar-refractivity contribution < 1.29 is 35.1 Å². The van der Waals surface area contributed by atoms with Gasteiger partial charge in [-0.15, -0.1) is 0 Å². The third-order valence-electron chi connectivity index (χ3n) is 7.70. The number of carboxylic acids is 2. The van der Waals surface area contributed by atoms with Crippen LogP contribution in [0.15, 0.2) is 36.7 Å². The summed E-state index contributed by atoms with van der Waals surface area (Å²) < 4.78 is 2.19. The number of carbonyl (C=O) groups is 2. The van der Waals surface area contributed by atoms with Gasteiger partial charge in [0.1, 0.15) is 11.4 Å². The number of aromatic nitrogens is 2. The fourth-order valence-electron chi connectivity index (χ4n) is 6.34. The molecule has 0 saturated heterocycles. The summed E-state index contributed by atoms with van der Waals surface area (Å²) in [5.74, 6) is -0.0941. The number of aliphatic hydroxyl groups excluding tert-OH is 2. The van der Waals surface area contributed by atoms with Crippen LogP contribution in [0.1, 0.15) is 49.1 Å². The van der Waals surface area contributed by atoms with Gasteiger partial charge in [-0.1, -0.05) is 29.8 Å². The molecule has 0 aliphatic heterocycles. The Kier molecular flexibility index (Phi) is 6.80. The summed E-state index contributed by atoms with van der Waals surface area (Å²) in [4.78, 5) is 24.2. The first-order valence-corrected chi connectivity index (χ1v) is 11.7. The largest absolute Gasteiger partial charge is 0.479 e. The Labute approximate surface area is 197 Å². The van der Waals surface area contributed by atoms with Gasteiger partial charge < -0.3 is 30.1 Å². The maximum absolute atomic E-state index is 11.8. The number of rotatable bonds is 6. The van der Waals surface area contributed by atoms with Crippen molar-refractivity contribution in [2.75, 3.05) is 0 Å². The highest BCUT2D eigenvalue weighted by Gasteiger charge is 2.59. The number of aryl methyl sites for hydroxylation is 1. The summed E-state index contributed by atoms with van der Waals surface area (Å²) in [7, 11) is 0. The molecule has 1 aromatic heterocycles. The van der Waals surface area contributed by atoms with Crippen molar-refractivity contribution in [1.82, 2.24) is 9.55 Å². The van der Waals surface area contributed by atoms with Gasteiger partial charge in [-0.3, -0.25) is 0 Å². The lowest BCUT2D eigenvalue weighted by Crippen LogP contribution is -2.56. The van der Waals surface area contributed by atoms with Crippen LogP contribution < -0.4 is 0 Å². The van der Waals surface area contributed by atoms with Crippen LogP contribution in [-0.4, -0.2) is 59.2 Å². The zero-order chi connectivity index (χ0) is 24.6. The lowest BCUT2D eigenvalue weighted by atomic mass is 9.49. The van der Waals surface area contributed by atoms with Gasteiger partial charge >= 0.3 is 11.9 Å². The van der Waals surface area contributed by atoms with Crippen LogP contribution in [0, 0.1) is 30.6 Å². The molecule has 9 nitrogen and oxygen atoms in total. The molecular formula is C25H32N2O7. The average Bonchev–Trinajstić information content (AvgIpc) is 3.24. The molecule has 1 heterocycles. The van der Waals surface area contributed by atoms with E-state index in [1.807, 2.05) is 12.4 Å². The van der Waals surface area contributed by atoms with Gasteiger partial charge in [0.25, 0.3) is 0 Å². The van der Waals surface area contributed by atoms with Crippen LogP contribution in [-0.2, 0) is 21.7 Å². The standard InChI is InChI=1S/C21H26N2O.C4H6O6/c1-14-3-2-4-15(7-14)13-23-6-5-22-20(23)21(24)18-9-16-8-17(11-18)12-19(21)10-16;5-1(3(7)8)2(6)4(9)10/h2-7,16-19,24H,8-13H2,1H3;1-2,5-6H,(H,7,8)(H,9,10). The summed E-state index contributed by atoms with van der Waals surface area (Å²) >= 11 is 0. The Morgan fingerprint density at radius 2 is 1.59 bits per heavy atom. The highest BCUT2D eigenvalue weighted by atomic mass is 16.4. The van der Waals surface area contributed by atoms with E-state index in [4.69, 9.17) is 20.4 Å². The predicted molar refractivity (Wildman–Crippen MR) is 121 cm³/mol. The molecule has 2 atom stereocenters. The minimum Gasteiger partial charge on any atom is -0.479 e. The van der Waals surface area contributed by atoms with E-state index in [0.29, 0.717) is 11.8 Å². The lowest BCUT2D eigenvalue weighted by Gasteiger charge is -2.58. The average molecular weight is 473 g/mol. The molecule has 0 radical (unpaired) electrons. The van der Waals surface area contributed by atoms with Gasteiger partial charge in [0.05, 0.1) is 0 Å². The Balaban J connectivity index is 0.000000235. The maximum Gasteiger partial charge on any atom is 0.335 e. The summed E-state index contributed by atoms with van der Waals surface area (Å²) in [5.41, 5.74) is 1.85. The molecule has 2 unspecified atom stereocenters. The van der Waals surface area contributed by atoms with Crippen LogP contribution in [0.4, 0.5) is 0 Å². The fraction of sp³-hybridized carbons (Fsp3) is 0.560. The number of aliphatic hydroxyl groups is 3. The molecule has 6 rings (SSSR count). The highest BCUT2D eigenvalue weighted by molar-refractivity contribution is 5.83. The fourth-order valence-corrected chi connectivity index (χ4v) is 6.34. The van der Waals surface area contributed by atoms with Gasteiger partial charge in [0, 0.05) is 18.9 Å². The molecule has 1 aromatic carbocycles. The number of hydrogen-bond acceptors (Lipinski definition) is 6. The zero-order valence-corrected chi connectivity index (χ0v) is 19.1. The van der Waals surface area contributed by atoms with Gasteiger partial charge in [0.15, 0.2) is 12.2 Å². The first-order chi connectivity index (χ1) is 16.1. The van der Waals surface area contributed by atoms with Gasteiger partial charge in [-0.05, 0) is 68.3 Å². The second-order valence-electron chi connectivity index (χ2n) is 10.1. The Bertz CT molecular complexity index is 1000. The number of carboxylic acid groups (broad SMARTS) is 2. The van der Waals surface area contributed by atoms with Gasteiger partial charge in [-0.2, -0.15) is 0 Å². The van der Waals surface area contributed by atoms with Crippen molar-refractivity contribution in [2.24, 2.45) is 23.7 Å². The van der Waals surface area contributed by atoms with E-state index in [9.17, 15) is 14.7 Å². The molecule has 4 aliphatic carbocycles. The van der Waals surface area contributed by atoms with Crippen LogP contribution in [0.5, 0.6) is 0 Å². The highest BCUT2D eigenvalue weighted by Crippen LogP contribution is 2.61. The monoisotopic (exact) mass is 472 g/mol. The van der Waals surface area contributed by atoms with Gasteiger partial charge in [-0.25, -0.2) is 14.6 Å². The zero-order valence-electron chi connectivity index (χ0n) is 19.1. The number of nitrogens with zero attached hydrogens (tertiary/aromatic N) is 2. The van der Waals surface area contributed by atoms with Gasteiger partial charge in [0.2, 0.25) is 0 Å². The second-order valence-corrected chi connectivity index (χ2v) is 10.1. The number of imidazole rings is 1. The number of aliphatic carboxylic acids is 2. The molecule has 9 heteroatoms. The van der Waals surface area contributed by atoms with Crippen molar-refractivity contribution in [3.63, 3.8) is 0 Å². The SMILES string of the molecule is Cc1cccc(Cn2ccnc2C2(O)C3CC4CC(C3)CC2C4)c1.O=C(O)C(O)C(O)C(=O)O. The maximum atomic E-state index is 11.8. The first kappa shape index (κ1) is 24.4. The smallest absolute Gasteiger partial charge is 0.335 e. The minimum atomic E-state index is -2.27. The summed E-state index contributed by atoms with van der Waals surface area (Å²) in [6.07, 6.45) is 5.56. The van der Waals surface area contributed by atoms with E-state index in [0.717, 1.165) is 24.2 Å². The number of benzene rings is 1. The topological polar surface area (TPSA) is 153 Å². The van der Waals surface area contributed by atoms with Crippen molar-refractivity contribution in [3.05, 3.63) is 53.6 Å². The van der Waals surface area contributed by atoms with Crippen molar-refractivity contribution in [2.45, 2.75) is 63.4 Å². The van der Waals surface area contributed by atoms with E-state index in [2.05, 4.69) is 40.7 Å². The lowest BCUT2D eigenvalue weighted by molar-refractivity contribution is -0.185. The van der Waals surface area contributed by atoms with Crippen molar-refractivity contribution in [1.29, 1.82) is 0 Å². The van der Waals surface area contributed by atoms with Crippen LogP contribution in [0.25, 0.3) is 0 Å². The van der Waals surface area contributed by atoms with E-state index in [1.54, 1.807) is 0 Å². The Morgan fingerprint density at radius 3 is 2.09 bits per heavy atom. The molecule has 34 heavy (non-hydrogen) atoms. The molecule has 184 valence electrons. The van der Waals surface area contributed by atoms with E-state index >= 15 is 0 Å². The number of hydrogen-bond donors (Lipinski definition) is 5. The van der Waals surface area contributed by atoms with Crippen molar-refractivity contribution >= 4 is 11.9 Å².